The van der Waals surface area contributed by atoms with E-state index in [-0.39, 0.29) is 23.5 Å². The van der Waals surface area contributed by atoms with Crippen LogP contribution in [0.15, 0.2) is 45.6 Å². The maximum absolute atomic E-state index is 12.3. The molecule has 0 bridgehead atoms. The smallest absolute Gasteiger partial charge is 0.338 e. The van der Waals surface area contributed by atoms with Gasteiger partial charge in [0.05, 0.1) is 10.5 Å². The van der Waals surface area contributed by atoms with Crippen LogP contribution in [0.3, 0.4) is 0 Å². The van der Waals surface area contributed by atoms with Crippen molar-refractivity contribution in [2.24, 2.45) is 0 Å². The number of anilines is 1. The Balaban J connectivity index is 1.90. The fraction of sp³-hybridized carbons (Fsp3) is 0.158. The minimum Gasteiger partial charge on any atom is -0.457 e. The van der Waals surface area contributed by atoms with Crippen molar-refractivity contribution in [3.05, 3.63) is 79.2 Å². The van der Waals surface area contributed by atoms with E-state index >= 15 is 0 Å². The average molecular weight is 368 g/mol. The van der Waals surface area contributed by atoms with Gasteiger partial charge in [-0.2, -0.15) is 0 Å². The number of ether oxygens (including phenoxy) is 1. The number of hydrogen-bond donors (Lipinski definition) is 1. The van der Waals surface area contributed by atoms with E-state index in [2.05, 4.69) is 0 Å². The maximum atomic E-state index is 12.3. The number of carbonyl (C=O) groups excluding carboxylic acids is 1. The van der Waals surface area contributed by atoms with Crippen molar-refractivity contribution in [3.8, 4) is 0 Å². The fourth-order valence-corrected chi connectivity index (χ4v) is 2.70. The molecule has 27 heavy (non-hydrogen) atoms. The minimum absolute atomic E-state index is 0.00445. The second kappa shape index (κ2) is 6.91. The van der Waals surface area contributed by atoms with Gasteiger partial charge in [0.15, 0.2) is 0 Å². The van der Waals surface area contributed by atoms with Crippen molar-refractivity contribution in [3.63, 3.8) is 0 Å². The average Bonchev–Trinajstić information content (AvgIpc) is 2.63. The van der Waals surface area contributed by atoms with Gasteiger partial charge in [-0.1, -0.05) is 12.1 Å². The summed E-state index contributed by atoms with van der Waals surface area (Å²) in [6, 6.07) is 8.60. The summed E-state index contributed by atoms with van der Waals surface area (Å²) in [5, 5.41) is 11.6. The number of carbonyl (C=O) groups is 1. The van der Waals surface area contributed by atoms with Crippen molar-refractivity contribution < 1.29 is 18.9 Å². The molecule has 0 unspecified atom stereocenters. The Bertz CT molecular complexity index is 1130. The molecular formula is C19H16N2O6. The summed E-state index contributed by atoms with van der Waals surface area (Å²) in [5.74, 6) is -0.761. The van der Waals surface area contributed by atoms with Crippen LogP contribution in [0.5, 0.6) is 0 Å². The number of nitrogens with zero attached hydrogens (tertiary/aromatic N) is 1. The maximum Gasteiger partial charge on any atom is 0.338 e. The standard InChI is InChI=1S/C19H16N2O6/c1-10-3-5-14-13(8-17(22)27-18(14)11(10)2)9-26-19(23)12-4-6-15(20)16(7-12)21(24)25/h3-8H,9,20H2,1-2H3. The number of fused-ring (bicyclic) bond motifs is 1. The van der Waals surface area contributed by atoms with E-state index in [0.717, 1.165) is 17.2 Å². The highest BCUT2D eigenvalue weighted by atomic mass is 16.6. The molecule has 0 saturated heterocycles. The molecule has 0 aliphatic rings. The zero-order chi connectivity index (χ0) is 19.7. The van der Waals surface area contributed by atoms with Gasteiger partial charge in [-0.3, -0.25) is 10.1 Å². The minimum atomic E-state index is -0.761. The Hall–Kier alpha value is -3.68. The van der Waals surface area contributed by atoms with Gasteiger partial charge < -0.3 is 14.9 Å². The molecule has 8 nitrogen and oxygen atoms in total. The summed E-state index contributed by atoms with van der Waals surface area (Å²) in [6.07, 6.45) is 0. The zero-order valence-electron chi connectivity index (χ0n) is 14.6. The van der Waals surface area contributed by atoms with Gasteiger partial charge >= 0.3 is 11.6 Å². The Labute approximate surface area is 153 Å². The zero-order valence-corrected chi connectivity index (χ0v) is 14.6. The fourth-order valence-electron chi connectivity index (χ4n) is 2.70. The number of nitro benzene ring substituents is 1. The predicted octanol–water partition coefficient (Wildman–Crippen LogP) is 3.26. The number of nitrogens with two attached hydrogens (primary N) is 1. The first-order valence-corrected chi connectivity index (χ1v) is 8.02. The Morgan fingerprint density at radius 2 is 1.96 bits per heavy atom. The van der Waals surface area contributed by atoms with E-state index in [1.54, 1.807) is 6.07 Å². The van der Waals surface area contributed by atoms with Crippen LogP contribution in [0.2, 0.25) is 0 Å². The summed E-state index contributed by atoms with van der Waals surface area (Å²) < 4.78 is 10.5. The van der Waals surface area contributed by atoms with Crippen LogP contribution in [-0.4, -0.2) is 10.9 Å². The molecule has 2 aromatic carbocycles. The van der Waals surface area contributed by atoms with Crippen LogP contribution >= 0.6 is 0 Å². The first kappa shape index (κ1) is 18.1. The molecule has 3 aromatic rings. The molecule has 0 amide bonds. The number of aryl methyl sites for hydroxylation is 2. The van der Waals surface area contributed by atoms with E-state index in [0.29, 0.717) is 16.5 Å². The van der Waals surface area contributed by atoms with Gasteiger partial charge in [0, 0.05) is 23.1 Å². The summed E-state index contributed by atoms with van der Waals surface area (Å²) in [6.45, 7) is 3.56. The molecule has 1 aromatic heterocycles. The lowest BCUT2D eigenvalue weighted by Gasteiger charge is -2.10. The van der Waals surface area contributed by atoms with Crippen molar-refractivity contribution in [2.45, 2.75) is 20.5 Å². The summed E-state index contributed by atoms with van der Waals surface area (Å²) >= 11 is 0. The van der Waals surface area contributed by atoms with Crippen LogP contribution in [-0.2, 0) is 11.3 Å². The van der Waals surface area contributed by atoms with Gasteiger partial charge in [-0.25, -0.2) is 9.59 Å². The van der Waals surface area contributed by atoms with Gasteiger partial charge in [-0.15, -0.1) is 0 Å². The number of benzene rings is 2. The molecule has 0 spiro atoms. The summed E-state index contributed by atoms with van der Waals surface area (Å²) in [4.78, 5) is 34.4. The van der Waals surface area contributed by atoms with E-state index in [1.807, 2.05) is 19.9 Å². The molecular weight excluding hydrogens is 352 g/mol. The van der Waals surface area contributed by atoms with Crippen LogP contribution in [0.1, 0.15) is 27.0 Å². The van der Waals surface area contributed by atoms with E-state index in [1.165, 1.54) is 18.2 Å². The number of nitrogen functional groups attached to an aromatic ring is 1. The largest absolute Gasteiger partial charge is 0.457 e. The molecule has 3 rings (SSSR count). The molecule has 0 radical (unpaired) electrons. The van der Waals surface area contributed by atoms with Crippen molar-refractivity contribution in [1.82, 2.24) is 0 Å². The first-order chi connectivity index (χ1) is 12.8. The van der Waals surface area contributed by atoms with Crippen molar-refractivity contribution in [1.29, 1.82) is 0 Å². The highest BCUT2D eigenvalue weighted by Gasteiger charge is 2.17. The highest BCUT2D eigenvalue weighted by Crippen LogP contribution is 2.25. The van der Waals surface area contributed by atoms with E-state index in [9.17, 15) is 19.7 Å². The number of hydrogen-bond acceptors (Lipinski definition) is 7. The summed E-state index contributed by atoms with van der Waals surface area (Å²) in [5.41, 5.74) is 7.27. The number of rotatable bonds is 4. The Morgan fingerprint density at radius 1 is 1.22 bits per heavy atom. The molecule has 0 fully saturated rings. The monoisotopic (exact) mass is 368 g/mol. The molecule has 0 aliphatic carbocycles. The Morgan fingerprint density at radius 3 is 2.67 bits per heavy atom. The quantitative estimate of drug-likeness (QED) is 0.246. The van der Waals surface area contributed by atoms with Crippen LogP contribution in [0.25, 0.3) is 11.0 Å². The lowest BCUT2D eigenvalue weighted by molar-refractivity contribution is -0.383. The van der Waals surface area contributed by atoms with Gasteiger partial charge in [-0.05, 0) is 37.1 Å². The second-order valence-electron chi connectivity index (χ2n) is 6.08. The van der Waals surface area contributed by atoms with Crippen molar-refractivity contribution in [2.75, 3.05) is 5.73 Å². The van der Waals surface area contributed by atoms with Crippen molar-refractivity contribution >= 4 is 28.3 Å². The normalized spacial score (nSPS) is 10.7. The van der Waals surface area contributed by atoms with Gasteiger partial charge in [0.1, 0.15) is 17.9 Å². The third-order valence-electron chi connectivity index (χ3n) is 4.34. The lowest BCUT2D eigenvalue weighted by Crippen LogP contribution is -2.09. The van der Waals surface area contributed by atoms with Gasteiger partial charge in [0.25, 0.3) is 5.69 Å². The van der Waals surface area contributed by atoms with Crippen LogP contribution < -0.4 is 11.4 Å². The number of esters is 1. The van der Waals surface area contributed by atoms with E-state index in [4.69, 9.17) is 14.9 Å². The third kappa shape index (κ3) is 3.50. The molecule has 0 saturated carbocycles. The second-order valence-corrected chi connectivity index (χ2v) is 6.08. The van der Waals surface area contributed by atoms with Crippen LogP contribution in [0, 0.1) is 24.0 Å². The molecule has 0 aliphatic heterocycles. The number of nitro groups is 1. The van der Waals surface area contributed by atoms with Crippen LogP contribution in [0.4, 0.5) is 11.4 Å². The topological polar surface area (TPSA) is 126 Å². The Kier molecular flexibility index (Phi) is 4.64. The lowest BCUT2D eigenvalue weighted by atomic mass is 10.0. The first-order valence-electron chi connectivity index (χ1n) is 8.02. The SMILES string of the molecule is Cc1ccc2c(COC(=O)c3ccc(N)c([N+](=O)[O-])c3)cc(=O)oc2c1C. The molecule has 8 heteroatoms. The van der Waals surface area contributed by atoms with Gasteiger partial charge in [0.2, 0.25) is 0 Å². The molecule has 138 valence electrons. The molecule has 1 heterocycles. The highest BCUT2D eigenvalue weighted by molar-refractivity contribution is 5.91. The van der Waals surface area contributed by atoms with E-state index < -0.39 is 16.5 Å². The molecule has 0 atom stereocenters. The molecule has 2 N–H and O–H groups in total. The third-order valence-corrected chi connectivity index (χ3v) is 4.34. The predicted molar refractivity (Wildman–Crippen MR) is 98.6 cm³/mol. The summed E-state index contributed by atoms with van der Waals surface area (Å²) in [7, 11) is 0.